The third kappa shape index (κ3) is 24.8. The number of carbonyl (C=O) groups excluding carboxylic acids is 2. The molecule has 0 radical (unpaired) electrons. The fourth-order valence-electron chi connectivity index (χ4n) is 9.93. The molecule has 2 heterocycles. The number of ether oxygens (including phenoxy) is 8. The maximum Gasteiger partial charge on any atom is 0.343 e. The van der Waals surface area contributed by atoms with Gasteiger partial charge in [-0.15, -0.1) is 20.4 Å². The molecular formula is C72H102N4O12. The largest absolute Gasteiger partial charge is 0.490 e. The molecular weight excluding hydrogens is 1110 g/mol. The van der Waals surface area contributed by atoms with E-state index in [1.54, 1.807) is 72.8 Å². The second-order valence-electron chi connectivity index (χ2n) is 22.8. The van der Waals surface area contributed by atoms with Crippen molar-refractivity contribution in [2.75, 3.05) is 39.6 Å². The zero-order chi connectivity index (χ0) is 62.2. The predicted molar refractivity (Wildman–Crippen MR) is 347 cm³/mol. The van der Waals surface area contributed by atoms with Crippen molar-refractivity contribution in [2.24, 2.45) is 0 Å². The number of hydrogen-bond donors (Lipinski definition) is 0. The van der Waals surface area contributed by atoms with E-state index in [4.69, 9.17) is 46.7 Å². The zero-order valence-electron chi connectivity index (χ0n) is 54.1. The summed E-state index contributed by atoms with van der Waals surface area (Å²) in [6.07, 6.45) is 32.8. The first kappa shape index (κ1) is 70.0. The zero-order valence-corrected chi connectivity index (χ0v) is 54.1. The Bertz CT molecular complexity index is 2600. The van der Waals surface area contributed by atoms with Crippen molar-refractivity contribution in [1.29, 1.82) is 0 Å². The number of aromatic nitrogens is 4. The summed E-state index contributed by atoms with van der Waals surface area (Å²) in [6.45, 7) is 16.2. The van der Waals surface area contributed by atoms with E-state index in [2.05, 4.69) is 61.9 Å². The fraction of sp³-hybridized carbons (Fsp3) is 0.583. The summed E-state index contributed by atoms with van der Waals surface area (Å²) in [5, 5.41) is 16.9. The highest BCUT2D eigenvalue weighted by atomic mass is 16.6. The van der Waals surface area contributed by atoms with E-state index in [1.807, 2.05) is 0 Å². The molecule has 0 unspecified atom stereocenters. The summed E-state index contributed by atoms with van der Waals surface area (Å²) in [5.41, 5.74) is 1.73. The van der Waals surface area contributed by atoms with Gasteiger partial charge < -0.3 is 46.7 Å². The van der Waals surface area contributed by atoms with Crippen LogP contribution >= 0.6 is 0 Å². The van der Waals surface area contributed by atoms with Crippen molar-refractivity contribution in [3.8, 4) is 80.7 Å². The van der Waals surface area contributed by atoms with E-state index in [9.17, 15) is 9.59 Å². The normalized spacial score (nSPS) is 11.2. The number of benzene rings is 4. The number of nitrogens with zero attached hydrogens (tertiary/aromatic N) is 4. The standard InChI is InChI=1S/C72H102N4O12/c1-7-13-19-25-31-45-79-61-51-57(52-62(80-46-32-26-20-14-8-2)65(61)83-49-35-29-23-17-11-5)71(77)85-59-41-37-55(38-42-59)67-73-75-69(87-67)70-76-74-68(88-70)56-39-43-60(44-40-56)86-72(78)58-53-63(81-47-33-27-21-15-9-3)66(84-50-36-30-24-18-12-6)64(54-58)82-48-34-28-22-16-10-4/h37-44,51-54H,7-36,45-50H2,1-6H3. The fourth-order valence-corrected chi connectivity index (χ4v) is 9.93. The summed E-state index contributed by atoms with van der Waals surface area (Å²) < 4.78 is 62.3. The molecule has 4 aromatic carbocycles. The van der Waals surface area contributed by atoms with Gasteiger partial charge in [0.15, 0.2) is 23.0 Å². The highest BCUT2D eigenvalue weighted by molar-refractivity contribution is 5.93. The van der Waals surface area contributed by atoms with Gasteiger partial charge in [0.05, 0.1) is 50.8 Å². The molecule has 0 aliphatic heterocycles. The molecule has 0 fully saturated rings. The first-order valence-electron chi connectivity index (χ1n) is 33.7. The van der Waals surface area contributed by atoms with Gasteiger partial charge in [-0.3, -0.25) is 0 Å². The van der Waals surface area contributed by atoms with Crippen molar-refractivity contribution in [2.45, 2.75) is 234 Å². The van der Waals surface area contributed by atoms with Crippen LogP contribution in [0.25, 0.3) is 34.7 Å². The lowest BCUT2D eigenvalue weighted by Gasteiger charge is -2.19. The average molecular weight is 1220 g/mol. The van der Waals surface area contributed by atoms with Gasteiger partial charge in [-0.05, 0) is 111 Å². The number of hydrogen-bond acceptors (Lipinski definition) is 16. The number of unbranched alkanes of at least 4 members (excludes halogenated alkanes) is 24. The van der Waals surface area contributed by atoms with Gasteiger partial charge in [0, 0.05) is 11.1 Å². The minimum Gasteiger partial charge on any atom is -0.490 e. The Balaban J connectivity index is 1.11. The van der Waals surface area contributed by atoms with Crippen molar-refractivity contribution >= 4 is 11.9 Å². The molecule has 6 aromatic rings. The van der Waals surface area contributed by atoms with Crippen molar-refractivity contribution < 1.29 is 56.3 Å². The molecule has 0 aliphatic carbocycles. The molecule has 6 rings (SSSR count). The van der Waals surface area contributed by atoms with Gasteiger partial charge in [0.1, 0.15) is 11.5 Å². The maximum atomic E-state index is 13.9. The summed E-state index contributed by atoms with van der Waals surface area (Å²) in [6, 6.07) is 20.3. The van der Waals surface area contributed by atoms with Crippen molar-refractivity contribution in [1.82, 2.24) is 20.4 Å². The summed E-state index contributed by atoms with van der Waals surface area (Å²) in [7, 11) is 0. The Hall–Kier alpha value is -7.10. The van der Waals surface area contributed by atoms with Crippen LogP contribution in [0.4, 0.5) is 0 Å². The molecule has 0 N–H and O–H groups in total. The van der Waals surface area contributed by atoms with Crippen LogP contribution < -0.4 is 37.9 Å². The van der Waals surface area contributed by atoms with Crippen LogP contribution in [0.1, 0.15) is 255 Å². The summed E-state index contributed by atoms with van der Waals surface area (Å²) in [4.78, 5) is 27.9. The van der Waals surface area contributed by atoms with E-state index in [-0.39, 0.29) is 23.6 Å². The van der Waals surface area contributed by atoms with E-state index >= 15 is 0 Å². The average Bonchev–Trinajstić information content (AvgIpc) is 2.07. The molecule has 0 aliphatic rings. The van der Waals surface area contributed by atoms with E-state index in [0.29, 0.717) is 108 Å². The van der Waals surface area contributed by atoms with Crippen LogP contribution in [0.15, 0.2) is 81.6 Å². The van der Waals surface area contributed by atoms with E-state index in [1.165, 1.54) is 51.4 Å². The van der Waals surface area contributed by atoms with Gasteiger partial charge in [0.25, 0.3) is 0 Å². The molecule has 16 heteroatoms. The van der Waals surface area contributed by atoms with Crippen molar-refractivity contribution in [3.05, 3.63) is 83.9 Å². The topological polar surface area (TPSA) is 186 Å². The Morgan fingerprint density at radius 2 is 0.545 bits per heavy atom. The molecule has 0 spiro atoms. The van der Waals surface area contributed by atoms with Crippen LogP contribution in [-0.4, -0.2) is 72.0 Å². The molecule has 0 saturated heterocycles. The quantitative estimate of drug-likeness (QED) is 0.0199. The lowest BCUT2D eigenvalue weighted by molar-refractivity contribution is 0.0724. The lowest BCUT2D eigenvalue weighted by Crippen LogP contribution is -2.12. The molecule has 16 nitrogen and oxygen atoms in total. The highest BCUT2D eigenvalue weighted by Crippen LogP contribution is 2.42. The van der Waals surface area contributed by atoms with Gasteiger partial charge in [-0.25, -0.2) is 9.59 Å². The van der Waals surface area contributed by atoms with Crippen LogP contribution in [0, 0.1) is 0 Å². The Kier molecular flexibility index (Phi) is 33.4. The smallest absolute Gasteiger partial charge is 0.343 e. The van der Waals surface area contributed by atoms with Crippen LogP contribution in [-0.2, 0) is 0 Å². The molecule has 88 heavy (non-hydrogen) atoms. The highest BCUT2D eigenvalue weighted by Gasteiger charge is 2.24. The van der Waals surface area contributed by atoms with Gasteiger partial charge >= 0.3 is 23.7 Å². The number of carbonyl (C=O) groups is 2. The van der Waals surface area contributed by atoms with Crippen LogP contribution in [0.5, 0.6) is 46.0 Å². The first-order valence-corrected chi connectivity index (χ1v) is 33.7. The van der Waals surface area contributed by atoms with E-state index < -0.39 is 11.9 Å². The van der Waals surface area contributed by atoms with Crippen LogP contribution in [0.3, 0.4) is 0 Å². The number of rotatable bonds is 49. The third-order valence-electron chi connectivity index (χ3n) is 15.2. The van der Waals surface area contributed by atoms with Gasteiger partial charge in [0.2, 0.25) is 23.3 Å². The van der Waals surface area contributed by atoms with Crippen LogP contribution in [0.2, 0.25) is 0 Å². The predicted octanol–water partition coefficient (Wildman–Crippen LogP) is 20.0. The minimum absolute atomic E-state index is 0.0137. The number of esters is 2. The maximum absolute atomic E-state index is 13.9. The second kappa shape index (κ2) is 41.9. The molecule has 0 amide bonds. The molecule has 0 saturated carbocycles. The van der Waals surface area contributed by atoms with Gasteiger partial charge in [-0.2, -0.15) is 0 Å². The van der Waals surface area contributed by atoms with E-state index in [0.717, 1.165) is 141 Å². The lowest BCUT2D eigenvalue weighted by atomic mass is 10.1. The third-order valence-corrected chi connectivity index (χ3v) is 15.2. The SMILES string of the molecule is CCCCCCCOc1cc(C(=O)Oc2ccc(-c3nnc(-c4nnc(-c5ccc(OC(=O)c6cc(OCCCCCCC)c(OCCCCCCC)c(OCCCCCCC)c6)cc5)o4)o3)cc2)cc(OCCCCCCC)c1OCCCCCCC. The molecule has 0 bridgehead atoms. The molecule has 482 valence electrons. The Morgan fingerprint density at radius 3 is 0.807 bits per heavy atom. The first-order chi connectivity index (χ1) is 43.3. The molecule has 0 atom stereocenters. The minimum atomic E-state index is -0.566. The second-order valence-corrected chi connectivity index (χ2v) is 22.8. The summed E-state index contributed by atoms with van der Waals surface area (Å²) >= 11 is 0. The molecule has 2 aromatic heterocycles. The van der Waals surface area contributed by atoms with Crippen molar-refractivity contribution in [3.63, 3.8) is 0 Å². The summed E-state index contributed by atoms with van der Waals surface area (Å²) in [5.74, 6) is 2.87. The monoisotopic (exact) mass is 1210 g/mol. The Morgan fingerprint density at radius 1 is 0.307 bits per heavy atom. The Labute approximate surface area is 524 Å². The van der Waals surface area contributed by atoms with Gasteiger partial charge in [-0.1, -0.05) is 196 Å².